The van der Waals surface area contributed by atoms with E-state index in [9.17, 15) is 4.39 Å². The summed E-state index contributed by atoms with van der Waals surface area (Å²) in [5, 5.41) is 1.01. The van der Waals surface area contributed by atoms with Crippen molar-refractivity contribution < 1.29 is 4.39 Å². The summed E-state index contributed by atoms with van der Waals surface area (Å²) in [5.41, 5.74) is 5.36. The molecule has 0 atom stereocenters. The summed E-state index contributed by atoms with van der Waals surface area (Å²) in [6, 6.07) is 3.36. The first kappa shape index (κ1) is 11.1. The minimum absolute atomic E-state index is 0.0101. The zero-order valence-corrected chi connectivity index (χ0v) is 9.46. The molecular weight excluding hydrogens is 251 g/mol. The van der Waals surface area contributed by atoms with Crippen LogP contribution < -0.4 is 5.73 Å². The van der Waals surface area contributed by atoms with Crippen molar-refractivity contribution in [2.24, 2.45) is 0 Å². The molecule has 0 radical (unpaired) electrons. The molecule has 4 nitrogen and oxygen atoms in total. The minimum Gasteiger partial charge on any atom is -0.368 e. The van der Waals surface area contributed by atoms with Gasteiger partial charge in [-0.25, -0.2) is 19.3 Å². The van der Waals surface area contributed by atoms with Gasteiger partial charge in [-0.15, -0.1) is 0 Å². The van der Waals surface area contributed by atoms with Crippen LogP contribution in [-0.2, 0) is 0 Å². The summed E-state index contributed by atoms with van der Waals surface area (Å²) >= 11 is 6.89. The van der Waals surface area contributed by atoms with Gasteiger partial charge in [-0.2, -0.15) is 0 Å². The topological polar surface area (TPSA) is 64.7 Å². The molecule has 0 saturated carbocycles. The number of hydrogen-bond acceptors (Lipinski definition) is 5. The number of nitrogens with two attached hydrogens (primary N) is 1. The average molecular weight is 257 g/mol. The van der Waals surface area contributed by atoms with Gasteiger partial charge in [0.15, 0.2) is 5.82 Å². The third kappa shape index (κ3) is 2.40. The van der Waals surface area contributed by atoms with E-state index in [1.54, 1.807) is 18.3 Å². The highest BCUT2D eigenvalue weighted by atomic mass is 35.5. The van der Waals surface area contributed by atoms with Crippen LogP contribution in [0.25, 0.3) is 0 Å². The van der Waals surface area contributed by atoms with Crippen LogP contribution >= 0.6 is 23.4 Å². The molecule has 0 spiro atoms. The Morgan fingerprint density at radius 1 is 1.31 bits per heavy atom. The summed E-state index contributed by atoms with van der Waals surface area (Å²) in [5.74, 6) is -0.545. The summed E-state index contributed by atoms with van der Waals surface area (Å²) in [6.45, 7) is 0. The molecule has 82 valence electrons. The Morgan fingerprint density at radius 2 is 2.12 bits per heavy atom. The number of halogens is 2. The maximum absolute atomic E-state index is 13.3. The number of aromatic nitrogens is 3. The van der Waals surface area contributed by atoms with Gasteiger partial charge in [-0.3, -0.25) is 0 Å². The van der Waals surface area contributed by atoms with Crippen LogP contribution in [0.2, 0.25) is 5.02 Å². The summed E-state index contributed by atoms with van der Waals surface area (Å²) in [4.78, 5) is 11.3. The number of anilines is 1. The van der Waals surface area contributed by atoms with Crippen molar-refractivity contribution >= 4 is 29.3 Å². The van der Waals surface area contributed by atoms with Crippen LogP contribution in [0.15, 0.2) is 34.6 Å². The van der Waals surface area contributed by atoms with E-state index < -0.39 is 5.82 Å². The lowest BCUT2D eigenvalue weighted by Crippen LogP contribution is -1.98. The van der Waals surface area contributed by atoms with E-state index in [0.717, 1.165) is 18.0 Å². The molecule has 7 heteroatoms. The van der Waals surface area contributed by atoms with Gasteiger partial charge >= 0.3 is 0 Å². The molecule has 0 aromatic carbocycles. The molecule has 2 aromatic rings. The Balaban J connectivity index is 2.34. The molecule has 2 aromatic heterocycles. The van der Waals surface area contributed by atoms with Crippen molar-refractivity contribution in [3.8, 4) is 0 Å². The standard InChI is InChI=1S/C9H6ClFN4S/c10-5-2-1-3-13-7(5)16-8-6(11)4-14-9(12)15-8/h1-4H,(H2,12,14,15). The predicted molar refractivity (Wildman–Crippen MR) is 59.8 cm³/mol. The fraction of sp³-hybridized carbons (Fsp3) is 0. The van der Waals surface area contributed by atoms with Crippen LogP contribution in [0.1, 0.15) is 0 Å². The zero-order valence-electron chi connectivity index (χ0n) is 7.89. The van der Waals surface area contributed by atoms with E-state index in [0.29, 0.717) is 10.0 Å². The third-order valence-electron chi connectivity index (χ3n) is 1.65. The monoisotopic (exact) mass is 256 g/mol. The van der Waals surface area contributed by atoms with E-state index in [4.69, 9.17) is 17.3 Å². The van der Waals surface area contributed by atoms with Crippen LogP contribution in [0.4, 0.5) is 10.3 Å². The van der Waals surface area contributed by atoms with Gasteiger partial charge in [0.05, 0.1) is 11.2 Å². The number of nitrogen functional groups attached to an aromatic ring is 1. The number of pyridine rings is 1. The van der Waals surface area contributed by atoms with Crippen molar-refractivity contribution in [2.75, 3.05) is 5.73 Å². The highest BCUT2D eigenvalue weighted by Crippen LogP contribution is 2.31. The normalized spacial score (nSPS) is 10.4. The van der Waals surface area contributed by atoms with Crippen LogP contribution in [0.5, 0.6) is 0 Å². The van der Waals surface area contributed by atoms with Crippen LogP contribution in [0, 0.1) is 5.82 Å². The smallest absolute Gasteiger partial charge is 0.221 e. The summed E-state index contributed by atoms with van der Waals surface area (Å²) in [6.07, 6.45) is 2.58. The predicted octanol–water partition coefficient (Wildman–Crippen LogP) is 2.40. The number of hydrogen-bond donors (Lipinski definition) is 1. The van der Waals surface area contributed by atoms with Gasteiger partial charge in [0.25, 0.3) is 0 Å². The van der Waals surface area contributed by atoms with E-state index in [-0.39, 0.29) is 11.0 Å². The largest absolute Gasteiger partial charge is 0.368 e. The van der Waals surface area contributed by atoms with Gasteiger partial charge in [-0.05, 0) is 23.9 Å². The molecule has 2 rings (SSSR count). The lowest BCUT2D eigenvalue weighted by molar-refractivity contribution is 0.580. The fourth-order valence-corrected chi connectivity index (χ4v) is 1.96. The second-order valence-electron chi connectivity index (χ2n) is 2.77. The summed E-state index contributed by atoms with van der Waals surface area (Å²) < 4.78 is 13.3. The Bertz CT molecular complexity index is 523. The Hall–Kier alpha value is -1.40. The van der Waals surface area contributed by atoms with Crippen molar-refractivity contribution in [3.63, 3.8) is 0 Å². The molecule has 0 fully saturated rings. The van der Waals surface area contributed by atoms with Crippen molar-refractivity contribution in [2.45, 2.75) is 10.1 Å². The number of nitrogens with zero attached hydrogens (tertiary/aromatic N) is 3. The molecule has 0 aliphatic rings. The van der Waals surface area contributed by atoms with Gasteiger partial charge < -0.3 is 5.73 Å². The fourth-order valence-electron chi connectivity index (χ4n) is 0.974. The maximum atomic E-state index is 13.3. The first-order valence-electron chi connectivity index (χ1n) is 4.23. The first-order chi connectivity index (χ1) is 7.66. The van der Waals surface area contributed by atoms with E-state index in [1.165, 1.54) is 0 Å². The highest BCUT2D eigenvalue weighted by molar-refractivity contribution is 7.99. The van der Waals surface area contributed by atoms with Gasteiger partial charge in [0.1, 0.15) is 10.1 Å². The molecule has 0 unspecified atom stereocenters. The minimum atomic E-state index is -0.555. The molecule has 0 bridgehead atoms. The lowest BCUT2D eigenvalue weighted by Gasteiger charge is -2.03. The second-order valence-corrected chi connectivity index (χ2v) is 4.16. The molecule has 2 heterocycles. The molecule has 0 aliphatic carbocycles. The second kappa shape index (κ2) is 4.63. The third-order valence-corrected chi connectivity index (χ3v) is 3.06. The van der Waals surface area contributed by atoms with E-state index in [1.807, 2.05) is 0 Å². The van der Waals surface area contributed by atoms with Crippen LogP contribution in [-0.4, -0.2) is 15.0 Å². The Labute approximate surface area is 100 Å². The molecule has 2 N–H and O–H groups in total. The van der Waals surface area contributed by atoms with Crippen molar-refractivity contribution in [3.05, 3.63) is 35.4 Å². The summed E-state index contributed by atoms with van der Waals surface area (Å²) in [7, 11) is 0. The van der Waals surface area contributed by atoms with E-state index >= 15 is 0 Å². The molecule has 0 aliphatic heterocycles. The average Bonchev–Trinajstić information content (AvgIpc) is 2.27. The van der Waals surface area contributed by atoms with Gasteiger partial charge in [-0.1, -0.05) is 11.6 Å². The maximum Gasteiger partial charge on any atom is 0.221 e. The Morgan fingerprint density at radius 3 is 2.88 bits per heavy atom. The highest BCUT2D eigenvalue weighted by Gasteiger charge is 2.10. The van der Waals surface area contributed by atoms with Crippen molar-refractivity contribution in [1.29, 1.82) is 0 Å². The van der Waals surface area contributed by atoms with Gasteiger partial charge in [0, 0.05) is 6.20 Å². The number of rotatable bonds is 2. The Kier molecular flexibility index (Phi) is 3.21. The quantitative estimate of drug-likeness (QED) is 0.836. The molecular formula is C9H6ClFN4S. The van der Waals surface area contributed by atoms with E-state index in [2.05, 4.69) is 15.0 Å². The molecule has 0 amide bonds. The zero-order chi connectivity index (χ0) is 11.5. The lowest BCUT2D eigenvalue weighted by atomic mass is 10.5. The van der Waals surface area contributed by atoms with Crippen LogP contribution in [0.3, 0.4) is 0 Å². The SMILES string of the molecule is Nc1ncc(F)c(Sc2ncccc2Cl)n1. The van der Waals surface area contributed by atoms with Gasteiger partial charge in [0.2, 0.25) is 5.95 Å². The molecule has 16 heavy (non-hydrogen) atoms. The molecule has 0 saturated heterocycles. The first-order valence-corrected chi connectivity index (χ1v) is 5.42. The van der Waals surface area contributed by atoms with Crippen molar-refractivity contribution in [1.82, 2.24) is 15.0 Å².